The molecule has 0 saturated heterocycles. The molecule has 3 rings (SSSR count). The molecule has 0 aliphatic heterocycles. The van der Waals surface area contributed by atoms with Gasteiger partial charge in [0.1, 0.15) is 5.82 Å². The zero-order valence-electron chi connectivity index (χ0n) is 11.2. The highest BCUT2D eigenvalue weighted by Crippen LogP contribution is 2.27. The van der Waals surface area contributed by atoms with E-state index in [0.717, 1.165) is 16.5 Å². The summed E-state index contributed by atoms with van der Waals surface area (Å²) >= 11 is 1.30. The molecule has 0 amide bonds. The van der Waals surface area contributed by atoms with Crippen LogP contribution < -0.4 is 0 Å². The van der Waals surface area contributed by atoms with Gasteiger partial charge in [0.05, 0.1) is 11.6 Å². The summed E-state index contributed by atoms with van der Waals surface area (Å²) < 4.78 is 13.5. The molecule has 106 valence electrons. The first kappa shape index (κ1) is 14.0. The largest absolute Gasteiger partial charge is 0.387 e. The lowest BCUT2D eigenvalue weighted by molar-refractivity contribution is 0.204. The highest BCUT2D eigenvalue weighted by molar-refractivity contribution is 7.99. The molecule has 1 unspecified atom stereocenters. The number of hydrogen-bond donors (Lipinski definition) is 1. The van der Waals surface area contributed by atoms with Gasteiger partial charge in [-0.1, -0.05) is 30.3 Å². The number of aliphatic hydroxyl groups excluding tert-OH is 1. The topological polar surface area (TPSA) is 33.1 Å². The summed E-state index contributed by atoms with van der Waals surface area (Å²) in [6.45, 7) is 0. The summed E-state index contributed by atoms with van der Waals surface area (Å²) in [5, 5.41) is 11.2. The van der Waals surface area contributed by atoms with Gasteiger partial charge in [-0.3, -0.25) is 4.98 Å². The Kier molecular flexibility index (Phi) is 4.18. The van der Waals surface area contributed by atoms with Crippen molar-refractivity contribution in [3.63, 3.8) is 0 Å². The minimum absolute atomic E-state index is 0.258. The van der Waals surface area contributed by atoms with Crippen LogP contribution >= 0.6 is 11.8 Å². The van der Waals surface area contributed by atoms with Crippen LogP contribution in [0.4, 0.5) is 4.39 Å². The van der Waals surface area contributed by atoms with Gasteiger partial charge in [0.15, 0.2) is 0 Å². The van der Waals surface area contributed by atoms with Crippen molar-refractivity contribution in [3.05, 3.63) is 72.2 Å². The van der Waals surface area contributed by atoms with E-state index in [-0.39, 0.29) is 5.82 Å². The van der Waals surface area contributed by atoms with Gasteiger partial charge in [0.2, 0.25) is 0 Å². The third-order valence-electron chi connectivity index (χ3n) is 3.23. The number of nitrogens with zero attached hydrogens (tertiary/aromatic N) is 1. The molecule has 2 nitrogen and oxygen atoms in total. The van der Waals surface area contributed by atoms with E-state index in [1.165, 1.54) is 17.8 Å². The number of benzene rings is 2. The molecule has 0 spiro atoms. The Labute approximate surface area is 126 Å². The lowest BCUT2D eigenvalue weighted by Gasteiger charge is -2.11. The van der Waals surface area contributed by atoms with E-state index >= 15 is 0 Å². The van der Waals surface area contributed by atoms with E-state index in [2.05, 4.69) is 4.98 Å². The molecule has 1 heterocycles. The average Bonchev–Trinajstić information content (AvgIpc) is 2.53. The third kappa shape index (κ3) is 3.23. The molecule has 0 fully saturated rings. The molecular formula is C17H14FNOS. The number of para-hydroxylation sites is 1. The second-order valence-electron chi connectivity index (χ2n) is 4.72. The van der Waals surface area contributed by atoms with Crippen LogP contribution in [0.5, 0.6) is 0 Å². The number of rotatable bonds is 4. The smallest absolute Gasteiger partial charge is 0.136 e. The van der Waals surface area contributed by atoms with Gasteiger partial charge < -0.3 is 5.11 Å². The lowest BCUT2D eigenvalue weighted by atomic mass is 10.1. The molecule has 3 aromatic rings. The minimum Gasteiger partial charge on any atom is -0.387 e. The Morgan fingerprint density at radius 1 is 1.10 bits per heavy atom. The second kappa shape index (κ2) is 6.24. The summed E-state index contributed by atoms with van der Waals surface area (Å²) in [4.78, 5) is 4.88. The monoisotopic (exact) mass is 299 g/mol. The maximum absolute atomic E-state index is 13.5. The van der Waals surface area contributed by atoms with Crippen molar-refractivity contribution in [3.8, 4) is 0 Å². The molecule has 1 aromatic heterocycles. The third-order valence-corrected chi connectivity index (χ3v) is 4.35. The van der Waals surface area contributed by atoms with Gasteiger partial charge >= 0.3 is 0 Å². The predicted molar refractivity (Wildman–Crippen MR) is 83.8 cm³/mol. The molecule has 21 heavy (non-hydrogen) atoms. The van der Waals surface area contributed by atoms with Gasteiger partial charge in [0, 0.05) is 27.8 Å². The summed E-state index contributed by atoms with van der Waals surface area (Å²) in [7, 11) is 0. The Balaban J connectivity index is 1.75. The summed E-state index contributed by atoms with van der Waals surface area (Å²) in [6, 6.07) is 16.3. The predicted octanol–water partition coefficient (Wildman–Crippen LogP) is 4.20. The van der Waals surface area contributed by atoms with E-state index in [4.69, 9.17) is 0 Å². The number of fused-ring (bicyclic) bond motifs is 1. The van der Waals surface area contributed by atoms with Gasteiger partial charge in [-0.15, -0.1) is 11.8 Å². The lowest BCUT2D eigenvalue weighted by Crippen LogP contribution is -2.01. The normalized spacial score (nSPS) is 12.5. The van der Waals surface area contributed by atoms with Gasteiger partial charge in [-0.2, -0.15) is 0 Å². The number of thioether (sulfide) groups is 1. The van der Waals surface area contributed by atoms with Crippen LogP contribution in [0.25, 0.3) is 10.9 Å². The molecule has 0 radical (unpaired) electrons. The number of hydrogen-bond acceptors (Lipinski definition) is 3. The molecule has 4 heteroatoms. The first-order chi connectivity index (χ1) is 10.2. The average molecular weight is 299 g/mol. The van der Waals surface area contributed by atoms with E-state index in [0.29, 0.717) is 10.6 Å². The van der Waals surface area contributed by atoms with Crippen molar-refractivity contribution in [2.45, 2.75) is 11.0 Å². The van der Waals surface area contributed by atoms with Gasteiger partial charge in [0.25, 0.3) is 0 Å². The van der Waals surface area contributed by atoms with Crippen LogP contribution in [0, 0.1) is 5.82 Å². The van der Waals surface area contributed by atoms with E-state index in [1.807, 2.05) is 30.3 Å². The number of pyridine rings is 1. The van der Waals surface area contributed by atoms with Gasteiger partial charge in [-0.05, 0) is 24.3 Å². The molecular weight excluding hydrogens is 285 g/mol. The Morgan fingerprint density at radius 3 is 2.71 bits per heavy atom. The zero-order valence-corrected chi connectivity index (χ0v) is 12.1. The first-order valence-corrected chi connectivity index (χ1v) is 7.63. The molecule has 0 saturated carbocycles. The Bertz CT molecular complexity index is 762. The fraction of sp³-hybridized carbons (Fsp3) is 0.118. The van der Waals surface area contributed by atoms with E-state index in [1.54, 1.807) is 24.4 Å². The molecule has 2 aromatic carbocycles. The van der Waals surface area contributed by atoms with Crippen molar-refractivity contribution in [1.82, 2.24) is 4.98 Å². The maximum atomic E-state index is 13.5. The maximum Gasteiger partial charge on any atom is 0.136 e. The fourth-order valence-corrected chi connectivity index (χ4v) is 3.01. The van der Waals surface area contributed by atoms with Crippen LogP contribution in [-0.2, 0) is 0 Å². The van der Waals surface area contributed by atoms with E-state index < -0.39 is 6.10 Å². The summed E-state index contributed by atoms with van der Waals surface area (Å²) in [6.07, 6.45) is 1.00. The Morgan fingerprint density at radius 2 is 1.86 bits per heavy atom. The highest BCUT2D eigenvalue weighted by atomic mass is 32.2. The van der Waals surface area contributed by atoms with E-state index in [9.17, 15) is 9.50 Å². The van der Waals surface area contributed by atoms with Crippen molar-refractivity contribution in [1.29, 1.82) is 0 Å². The zero-order chi connectivity index (χ0) is 14.7. The van der Waals surface area contributed by atoms with Crippen LogP contribution in [0.1, 0.15) is 11.7 Å². The molecule has 1 N–H and O–H groups in total. The molecule has 0 bridgehead atoms. The quantitative estimate of drug-likeness (QED) is 0.733. The first-order valence-electron chi connectivity index (χ1n) is 6.64. The van der Waals surface area contributed by atoms with Crippen LogP contribution in [0.3, 0.4) is 0 Å². The highest BCUT2D eigenvalue weighted by Gasteiger charge is 2.11. The van der Waals surface area contributed by atoms with Crippen LogP contribution in [0.15, 0.2) is 65.7 Å². The van der Waals surface area contributed by atoms with Crippen LogP contribution in [-0.4, -0.2) is 15.8 Å². The fourth-order valence-electron chi connectivity index (χ4n) is 2.10. The van der Waals surface area contributed by atoms with Crippen molar-refractivity contribution in [2.75, 3.05) is 5.75 Å². The van der Waals surface area contributed by atoms with Crippen molar-refractivity contribution < 1.29 is 9.50 Å². The number of aliphatic hydroxyl groups is 1. The molecule has 1 atom stereocenters. The molecule has 0 aliphatic rings. The van der Waals surface area contributed by atoms with Crippen molar-refractivity contribution >= 4 is 22.7 Å². The second-order valence-corrected chi connectivity index (χ2v) is 5.78. The minimum atomic E-state index is -0.674. The molecule has 0 aliphatic carbocycles. The summed E-state index contributed by atoms with van der Waals surface area (Å²) in [5.41, 5.74) is 1.65. The van der Waals surface area contributed by atoms with Crippen molar-refractivity contribution in [2.24, 2.45) is 0 Å². The van der Waals surface area contributed by atoms with Crippen LogP contribution in [0.2, 0.25) is 0 Å². The summed E-state index contributed by atoms with van der Waals surface area (Å²) in [5.74, 6) is 0.132. The standard InChI is InChI=1S/C17H14FNOS/c18-14-6-2-4-8-17(14)21-11-16(20)13-9-12-5-1-3-7-15(12)19-10-13/h1-10,16,20H,11H2. The number of halogens is 1. The van der Waals surface area contributed by atoms with Gasteiger partial charge in [-0.25, -0.2) is 4.39 Å². The Hall–Kier alpha value is -1.91. The SMILES string of the molecule is OC(CSc1ccccc1F)c1cnc2ccccc2c1. The number of aromatic nitrogens is 1.